The van der Waals surface area contributed by atoms with Crippen LogP contribution in [0.15, 0.2) is 47.1 Å². The van der Waals surface area contributed by atoms with Gasteiger partial charge in [-0.15, -0.1) is 0 Å². The number of nitrogens with one attached hydrogen (secondary N) is 1. The Morgan fingerprint density at radius 1 is 1.13 bits per heavy atom. The minimum atomic E-state index is -1.29. The highest BCUT2D eigenvalue weighted by molar-refractivity contribution is 6.35. The lowest BCUT2D eigenvalue weighted by atomic mass is 9.92. The van der Waals surface area contributed by atoms with E-state index in [0.717, 1.165) is 21.6 Å². The van der Waals surface area contributed by atoms with Gasteiger partial charge in [-0.1, -0.05) is 47.0 Å². The largest absolute Gasteiger partial charge is 0.444 e. The SMILES string of the molecule is Cc1ccc(-c2nc(CN3C(=O)NC(C)(c4ccc(Cl)cc4Cl)C3=O)co2)c(C)c1. The van der Waals surface area contributed by atoms with Gasteiger partial charge in [0, 0.05) is 21.2 Å². The van der Waals surface area contributed by atoms with Gasteiger partial charge >= 0.3 is 6.03 Å². The second-order valence-corrected chi connectivity index (χ2v) is 8.38. The van der Waals surface area contributed by atoms with Crippen molar-refractivity contribution in [1.82, 2.24) is 15.2 Å². The normalized spacial score (nSPS) is 18.8. The number of halogens is 2. The number of benzene rings is 2. The number of hydrogen-bond acceptors (Lipinski definition) is 4. The quantitative estimate of drug-likeness (QED) is 0.559. The number of rotatable bonds is 4. The summed E-state index contributed by atoms with van der Waals surface area (Å²) in [6, 6.07) is 10.2. The Morgan fingerprint density at radius 3 is 2.60 bits per heavy atom. The maximum Gasteiger partial charge on any atom is 0.325 e. The fourth-order valence-corrected chi connectivity index (χ4v) is 4.23. The predicted molar refractivity (Wildman–Crippen MR) is 114 cm³/mol. The molecule has 1 N–H and O–H groups in total. The van der Waals surface area contributed by atoms with Crippen LogP contribution < -0.4 is 5.32 Å². The lowest BCUT2D eigenvalue weighted by Crippen LogP contribution is -2.41. The first-order valence-corrected chi connectivity index (χ1v) is 10.1. The van der Waals surface area contributed by atoms with Crippen molar-refractivity contribution in [1.29, 1.82) is 0 Å². The van der Waals surface area contributed by atoms with E-state index in [-0.39, 0.29) is 6.54 Å². The van der Waals surface area contributed by atoms with Crippen molar-refractivity contribution in [2.24, 2.45) is 0 Å². The van der Waals surface area contributed by atoms with Crippen molar-refractivity contribution in [3.63, 3.8) is 0 Å². The van der Waals surface area contributed by atoms with Crippen LogP contribution in [0.1, 0.15) is 29.3 Å². The van der Waals surface area contributed by atoms with Gasteiger partial charge in [0.2, 0.25) is 5.89 Å². The summed E-state index contributed by atoms with van der Waals surface area (Å²) < 4.78 is 5.60. The third kappa shape index (κ3) is 3.46. The van der Waals surface area contributed by atoms with Crippen LogP contribution in [-0.4, -0.2) is 21.8 Å². The van der Waals surface area contributed by atoms with Crippen molar-refractivity contribution >= 4 is 35.1 Å². The minimum absolute atomic E-state index is 0.0140. The van der Waals surface area contributed by atoms with E-state index >= 15 is 0 Å². The molecule has 6 nitrogen and oxygen atoms in total. The van der Waals surface area contributed by atoms with Gasteiger partial charge in [-0.2, -0.15) is 0 Å². The molecule has 1 saturated heterocycles. The zero-order valence-corrected chi connectivity index (χ0v) is 18.1. The van der Waals surface area contributed by atoms with E-state index in [1.165, 1.54) is 6.26 Å². The van der Waals surface area contributed by atoms with Crippen LogP contribution in [0, 0.1) is 13.8 Å². The summed E-state index contributed by atoms with van der Waals surface area (Å²) in [5, 5.41) is 3.48. The lowest BCUT2D eigenvalue weighted by molar-refractivity contribution is -0.131. The zero-order valence-electron chi connectivity index (χ0n) is 16.6. The van der Waals surface area contributed by atoms with Crippen LogP contribution in [0.2, 0.25) is 10.0 Å². The van der Waals surface area contributed by atoms with Gasteiger partial charge in [0.05, 0.1) is 12.2 Å². The summed E-state index contributed by atoms with van der Waals surface area (Å²) in [7, 11) is 0. The molecule has 154 valence electrons. The van der Waals surface area contributed by atoms with E-state index in [1.807, 2.05) is 32.0 Å². The van der Waals surface area contributed by atoms with Gasteiger partial charge in [-0.3, -0.25) is 9.69 Å². The van der Waals surface area contributed by atoms with Gasteiger partial charge < -0.3 is 9.73 Å². The molecule has 1 unspecified atom stereocenters. The first-order valence-electron chi connectivity index (χ1n) is 9.30. The third-order valence-corrected chi connectivity index (χ3v) is 5.78. The Hall–Kier alpha value is -2.83. The summed E-state index contributed by atoms with van der Waals surface area (Å²) in [5.41, 5.74) is 2.69. The lowest BCUT2D eigenvalue weighted by Gasteiger charge is -2.23. The number of aryl methyl sites for hydroxylation is 2. The van der Waals surface area contributed by atoms with E-state index in [4.69, 9.17) is 27.6 Å². The van der Waals surface area contributed by atoms with E-state index in [1.54, 1.807) is 25.1 Å². The predicted octanol–water partition coefficient (Wildman–Crippen LogP) is 5.23. The van der Waals surface area contributed by atoms with Crippen LogP contribution >= 0.6 is 23.2 Å². The molecule has 1 fully saturated rings. The summed E-state index contributed by atoms with van der Waals surface area (Å²) >= 11 is 12.2. The standard InChI is InChI=1S/C22H19Cl2N3O3/c1-12-4-6-16(13(2)8-12)19-25-15(11-30-19)10-27-20(28)22(3,26-21(27)29)17-7-5-14(23)9-18(17)24/h4-9,11H,10H2,1-3H3,(H,26,29). The van der Waals surface area contributed by atoms with E-state index in [9.17, 15) is 9.59 Å². The molecule has 0 radical (unpaired) electrons. The van der Waals surface area contributed by atoms with E-state index in [0.29, 0.717) is 27.2 Å². The first kappa shape index (κ1) is 20.4. The van der Waals surface area contributed by atoms with Crippen LogP contribution in [0.5, 0.6) is 0 Å². The van der Waals surface area contributed by atoms with Gasteiger partial charge in [0.1, 0.15) is 11.8 Å². The average Bonchev–Trinajstić information content (AvgIpc) is 3.21. The van der Waals surface area contributed by atoms with Crippen molar-refractivity contribution < 1.29 is 14.0 Å². The Morgan fingerprint density at radius 2 is 1.90 bits per heavy atom. The Kier molecular flexibility index (Phi) is 5.08. The summed E-state index contributed by atoms with van der Waals surface area (Å²) in [5.74, 6) is 0.0193. The molecule has 4 rings (SSSR count). The third-order valence-electron chi connectivity index (χ3n) is 5.23. The fraction of sp³-hybridized carbons (Fsp3) is 0.227. The molecule has 1 aromatic heterocycles. The number of carbonyl (C=O) groups is 2. The molecular formula is C22H19Cl2N3O3. The molecule has 0 aliphatic carbocycles. The number of amides is 3. The number of carbonyl (C=O) groups excluding carboxylic acids is 2. The zero-order chi connectivity index (χ0) is 21.6. The fourth-order valence-electron chi connectivity index (χ4n) is 3.64. The highest BCUT2D eigenvalue weighted by Crippen LogP contribution is 2.35. The minimum Gasteiger partial charge on any atom is -0.444 e. The molecule has 1 aliphatic rings. The molecule has 2 aromatic carbocycles. The highest BCUT2D eigenvalue weighted by atomic mass is 35.5. The number of urea groups is 1. The van der Waals surface area contributed by atoms with Crippen molar-refractivity contribution in [3.05, 3.63) is 75.1 Å². The average molecular weight is 444 g/mol. The van der Waals surface area contributed by atoms with Crippen LogP contribution in [0.3, 0.4) is 0 Å². The molecule has 1 atom stereocenters. The number of nitrogens with zero attached hydrogens (tertiary/aromatic N) is 2. The number of oxazole rings is 1. The summed E-state index contributed by atoms with van der Waals surface area (Å²) in [6.45, 7) is 5.59. The maximum absolute atomic E-state index is 13.1. The number of aromatic nitrogens is 1. The molecule has 2 heterocycles. The molecule has 30 heavy (non-hydrogen) atoms. The Balaban J connectivity index is 1.59. The first-order chi connectivity index (χ1) is 14.2. The van der Waals surface area contributed by atoms with Crippen LogP contribution in [0.4, 0.5) is 4.79 Å². The van der Waals surface area contributed by atoms with Gasteiger partial charge in [-0.25, -0.2) is 9.78 Å². The van der Waals surface area contributed by atoms with E-state index in [2.05, 4.69) is 10.3 Å². The number of imide groups is 1. The molecule has 3 amide bonds. The number of hydrogen-bond donors (Lipinski definition) is 1. The van der Waals surface area contributed by atoms with Crippen molar-refractivity contribution in [2.45, 2.75) is 32.9 Å². The smallest absolute Gasteiger partial charge is 0.325 e. The maximum atomic E-state index is 13.1. The summed E-state index contributed by atoms with van der Waals surface area (Å²) in [4.78, 5) is 31.3. The van der Waals surface area contributed by atoms with Gasteiger partial charge in [0.25, 0.3) is 5.91 Å². The van der Waals surface area contributed by atoms with Crippen molar-refractivity contribution in [2.75, 3.05) is 0 Å². The van der Waals surface area contributed by atoms with Crippen LogP contribution in [-0.2, 0) is 16.9 Å². The molecule has 0 bridgehead atoms. The molecule has 1 aliphatic heterocycles. The Bertz CT molecular complexity index is 1170. The molecule has 0 saturated carbocycles. The highest BCUT2D eigenvalue weighted by Gasteiger charge is 2.50. The molecule has 3 aromatic rings. The van der Waals surface area contributed by atoms with Crippen LogP contribution in [0.25, 0.3) is 11.5 Å². The summed E-state index contributed by atoms with van der Waals surface area (Å²) in [6.07, 6.45) is 1.46. The topological polar surface area (TPSA) is 75.4 Å². The van der Waals surface area contributed by atoms with Crippen molar-refractivity contribution in [3.8, 4) is 11.5 Å². The molecule has 0 spiro atoms. The van der Waals surface area contributed by atoms with Gasteiger partial charge in [0.15, 0.2) is 0 Å². The van der Waals surface area contributed by atoms with E-state index < -0.39 is 17.5 Å². The monoisotopic (exact) mass is 443 g/mol. The molecule has 8 heteroatoms. The second kappa shape index (κ2) is 7.45. The Labute approximate surface area is 183 Å². The second-order valence-electron chi connectivity index (χ2n) is 7.53. The molecular weight excluding hydrogens is 425 g/mol. The van der Waals surface area contributed by atoms with Gasteiger partial charge in [-0.05, 0) is 44.5 Å².